The van der Waals surface area contributed by atoms with Crippen LogP contribution >= 0.6 is 15.9 Å². The van der Waals surface area contributed by atoms with Gasteiger partial charge in [-0.3, -0.25) is 4.79 Å². The van der Waals surface area contributed by atoms with Crippen molar-refractivity contribution in [3.63, 3.8) is 0 Å². The Morgan fingerprint density at radius 2 is 1.94 bits per heavy atom. The molecule has 0 radical (unpaired) electrons. The Hall–Kier alpha value is -1.04. The van der Waals surface area contributed by atoms with Gasteiger partial charge in [-0.15, -0.1) is 0 Å². The smallest absolute Gasteiger partial charge is 0.300 e. The van der Waals surface area contributed by atoms with Crippen molar-refractivity contribution < 1.29 is 22.7 Å². The third kappa shape index (κ3) is 3.21. The summed E-state index contributed by atoms with van der Waals surface area (Å²) < 4.78 is 43.1. The van der Waals surface area contributed by atoms with E-state index in [4.69, 9.17) is 4.74 Å². The highest BCUT2D eigenvalue weighted by atomic mass is 79.9. The number of ether oxygens (including phenoxy) is 1. The van der Waals surface area contributed by atoms with Crippen LogP contribution in [0.15, 0.2) is 16.6 Å². The minimum absolute atomic E-state index is 0.0866. The molecule has 0 unspecified atom stereocenters. The Labute approximate surface area is 105 Å². The molecule has 0 bridgehead atoms. The molecule has 0 spiro atoms. The number of Topliss-reactive ketones (excluding diaryl/α,β-unsaturated/α-hetero) is 1. The summed E-state index contributed by atoms with van der Waals surface area (Å²) in [4.78, 5) is 11.1. The van der Waals surface area contributed by atoms with Crippen molar-refractivity contribution in [1.82, 2.24) is 0 Å². The van der Waals surface area contributed by atoms with Crippen LogP contribution < -0.4 is 4.74 Å². The number of hydrogen-bond acceptors (Lipinski definition) is 2. The quantitative estimate of drug-likeness (QED) is 0.790. The fraction of sp³-hybridized carbons (Fsp3) is 0.364. The number of ketones is 1. The number of alkyl halides is 2. The van der Waals surface area contributed by atoms with Gasteiger partial charge in [-0.05, 0) is 41.9 Å². The fourth-order valence-electron chi connectivity index (χ4n) is 1.21. The maximum Gasteiger partial charge on any atom is 0.300 e. The monoisotopic (exact) mass is 310 g/mol. The molecule has 0 fully saturated rings. The van der Waals surface area contributed by atoms with E-state index in [0.717, 1.165) is 6.07 Å². The van der Waals surface area contributed by atoms with Gasteiger partial charge in [0.2, 0.25) is 5.78 Å². The van der Waals surface area contributed by atoms with E-state index in [1.165, 1.54) is 6.07 Å². The van der Waals surface area contributed by atoms with Gasteiger partial charge in [0.25, 0.3) is 0 Å². The first-order valence-electron chi connectivity index (χ1n) is 4.81. The predicted octanol–water partition coefficient (Wildman–Crippen LogP) is 3.82. The molecule has 0 saturated heterocycles. The highest BCUT2D eigenvalue weighted by Crippen LogP contribution is 2.32. The number of hydrogen-bond donors (Lipinski definition) is 0. The lowest BCUT2D eigenvalue weighted by Gasteiger charge is -2.14. The van der Waals surface area contributed by atoms with Crippen molar-refractivity contribution in [2.45, 2.75) is 26.4 Å². The molecule has 6 heteroatoms. The average Bonchev–Trinajstić information content (AvgIpc) is 2.21. The molecule has 0 aliphatic rings. The van der Waals surface area contributed by atoms with Gasteiger partial charge in [0.1, 0.15) is 11.6 Å². The van der Waals surface area contributed by atoms with Crippen molar-refractivity contribution in [2.75, 3.05) is 0 Å². The zero-order valence-electron chi connectivity index (χ0n) is 9.14. The number of carbonyl (C=O) groups excluding carboxylic acids is 1. The molecule has 0 aliphatic heterocycles. The van der Waals surface area contributed by atoms with Crippen LogP contribution in [-0.4, -0.2) is 18.3 Å². The lowest BCUT2D eigenvalue weighted by atomic mass is 10.1. The molecule has 1 rings (SSSR count). The second-order valence-corrected chi connectivity index (χ2v) is 4.36. The molecular formula is C11H10BrF3O2. The van der Waals surface area contributed by atoms with E-state index in [0.29, 0.717) is 0 Å². The molecule has 94 valence electrons. The van der Waals surface area contributed by atoms with Gasteiger partial charge >= 0.3 is 6.43 Å². The van der Waals surface area contributed by atoms with Gasteiger partial charge in [-0.25, -0.2) is 13.2 Å². The lowest BCUT2D eigenvalue weighted by Crippen LogP contribution is -2.15. The first-order valence-corrected chi connectivity index (χ1v) is 5.61. The van der Waals surface area contributed by atoms with E-state index in [1.807, 2.05) is 0 Å². The summed E-state index contributed by atoms with van der Waals surface area (Å²) >= 11 is 2.91. The molecule has 0 saturated carbocycles. The Kier molecular flexibility index (Phi) is 4.56. The zero-order valence-corrected chi connectivity index (χ0v) is 10.7. The largest absolute Gasteiger partial charge is 0.490 e. The lowest BCUT2D eigenvalue weighted by molar-refractivity contribution is 0.0672. The number of carbonyl (C=O) groups is 1. The van der Waals surface area contributed by atoms with Crippen molar-refractivity contribution in [3.05, 3.63) is 28.0 Å². The molecule has 0 atom stereocenters. The topological polar surface area (TPSA) is 26.3 Å². The van der Waals surface area contributed by atoms with E-state index in [1.54, 1.807) is 13.8 Å². The van der Waals surface area contributed by atoms with Crippen LogP contribution in [0.1, 0.15) is 24.2 Å². The van der Waals surface area contributed by atoms with Crippen molar-refractivity contribution in [3.8, 4) is 5.75 Å². The third-order valence-corrected chi connectivity index (χ3v) is 2.65. The molecule has 1 aromatic carbocycles. The SMILES string of the molecule is CC(C)Oc1ccc(F)c(C(=O)C(F)F)c1Br. The standard InChI is InChI=1S/C11H10BrF3O2/c1-5(2)17-7-4-3-6(13)8(9(7)12)10(16)11(14)15/h3-5,11H,1-2H3. The highest BCUT2D eigenvalue weighted by Gasteiger charge is 2.26. The molecule has 0 N–H and O–H groups in total. The zero-order chi connectivity index (χ0) is 13.2. The minimum atomic E-state index is -3.25. The normalized spacial score (nSPS) is 11.1. The van der Waals surface area contributed by atoms with Crippen molar-refractivity contribution in [2.24, 2.45) is 0 Å². The summed E-state index contributed by atoms with van der Waals surface area (Å²) in [5.41, 5.74) is -0.682. The van der Waals surface area contributed by atoms with Gasteiger partial charge in [0, 0.05) is 0 Å². The van der Waals surface area contributed by atoms with Gasteiger partial charge in [0.15, 0.2) is 0 Å². The summed E-state index contributed by atoms with van der Waals surface area (Å²) in [7, 11) is 0. The maximum absolute atomic E-state index is 13.3. The Balaban J connectivity index is 3.24. The molecule has 17 heavy (non-hydrogen) atoms. The van der Waals surface area contributed by atoms with Crippen LogP contribution in [0.3, 0.4) is 0 Å². The first-order chi connectivity index (χ1) is 7.84. The van der Waals surface area contributed by atoms with Gasteiger partial charge in [-0.2, -0.15) is 0 Å². The Morgan fingerprint density at radius 1 is 1.35 bits per heavy atom. The predicted molar refractivity (Wildman–Crippen MR) is 60.2 cm³/mol. The summed E-state index contributed by atoms with van der Waals surface area (Å²) in [6, 6.07) is 2.21. The van der Waals surface area contributed by atoms with E-state index < -0.39 is 23.6 Å². The van der Waals surface area contributed by atoms with Crippen LogP contribution in [0.5, 0.6) is 5.75 Å². The van der Waals surface area contributed by atoms with Gasteiger partial charge in [-0.1, -0.05) is 0 Å². The van der Waals surface area contributed by atoms with Crippen molar-refractivity contribution in [1.29, 1.82) is 0 Å². The molecule has 1 aromatic rings. The van der Waals surface area contributed by atoms with Crippen LogP contribution in [0.4, 0.5) is 13.2 Å². The molecule has 0 amide bonds. The first kappa shape index (κ1) is 14.0. The van der Waals surface area contributed by atoms with Gasteiger partial charge < -0.3 is 4.74 Å². The average molecular weight is 311 g/mol. The number of rotatable bonds is 4. The van der Waals surface area contributed by atoms with Crippen LogP contribution in [0, 0.1) is 5.82 Å². The molecule has 0 aliphatic carbocycles. The molecule has 2 nitrogen and oxygen atoms in total. The van der Waals surface area contributed by atoms with Crippen molar-refractivity contribution >= 4 is 21.7 Å². The molecule has 0 aromatic heterocycles. The minimum Gasteiger partial charge on any atom is -0.490 e. The second-order valence-electron chi connectivity index (χ2n) is 3.57. The molecule has 0 heterocycles. The van der Waals surface area contributed by atoms with E-state index in [-0.39, 0.29) is 16.3 Å². The van der Waals surface area contributed by atoms with E-state index in [2.05, 4.69) is 15.9 Å². The van der Waals surface area contributed by atoms with Crippen LogP contribution in [0.25, 0.3) is 0 Å². The fourth-order valence-corrected chi connectivity index (χ4v) is 1.82. The third-order valence-electron chi connectivity index (χ3n) is 1.86. The Bertz CT molecular complexity index is 433. The Morgan fingerprint density at radius 3 is 2.41 bits per heavy atom. The summed E-state index contributed by atoms with van der Waals surface area (Å²) in [5.74, 6) is -2.41. The summed E-state index contributed by atoms with van der Waals surface area (Å²) in [6.07, 6.45) is -3.47. The number of benzene rings is 1. The van der Waals surface area contributed by atoms with Crippen LogP contribution in [0.2, 0.25) is 0 Å². The molecular weight excluding hydrogens is 301 g/mol. The van der Waals surface area contributed by atoms with Crippen LogP contribution in [-0.2, 0) is 0 Å². The number of halogens is 4. The highest BCUT2D eigenvalue weighted by molar-refractivity contribution is 9.10. The summed E-state index contributed by atoms with van der Waals surface area (Å²) in [6.45, 7) is 3.45. The van der Waals surface area contributed by atoms with E-state index >= 15 is 0 Å². The van der Waals surface area contributed by atoms with E-state index in [9.17, 15) is 18.0 Å². The van der Waals surface area contributed by atoms with Gasteiger partial charge in [0.05, 0.1) is 16.1 Å². The second kappa shape index (κ2) is 5.53. The maximum atomic E-state index is 13.3. The summed E-state index contributed by atoms with van der Waals surface area (Å²) in [5, 5.41) is 0.